The van der Waals surface area contributed by atoms with E-state index in [1.54, 1.807) is 30.3 Å². The molecule has 0 saturated carbocycles. The van der Waals surface area contributed by atoms with Crippen molar-refractivity contribution >= 4 is 35.1 Å². The lowest BCUT2D eigenvalue weighted by Gasteiger charge is -2.11. The lowest BCUT2D eigenvalue weighted by molar-refractivity contribution is -0.125. The summed E-state index contributed by atoms with van der Waals surface area (Å²) >= 11 is 5.89. The molecule has 2 amide bonds. The van der Waals surface area contributed by atoms with E-state index in [2.05, 4.69) is 11.9 Å². The number of halogens is 2. The summed E-state index contributed by atoms with van der Waals surface area (Å²) in [7, 11) is 0. The van der Waals surface area contributed by atoms with Crippen molar-refractivity contribution in [1.82, 2.24) is 5.32 Å². The van der Waals surface area contributed by atoms with Gasteiger partial charge in [-0.3, -0.25) is 14.9 Å². The van der Waals surface area contributed by atoms with Crippen LogP contribution in [0.3, 0.4) is 0 Å². The van der Waals surface area contributed by atoms with Crippen molar-refractivity contribution in [3.63, 3.8) is 0 Å². The predicted molar refractivity (Wildman–Crippen MR) is 107 cm³/mol. The van der Waals surface area contributed by atoms with Gasteiger partial charge in [-0.05, 0) is 53.8 Å². The average molecular weight is 386 g/mol. The molecule has 0 radical (unpaired) electrons. The number of benzene rings is 2. The second-order valence-corrected chi connectivity index (χ2v) is 7.04. The van der Waals surface area contributed by atoms with Crippen LogP contribution in [0.4, 0.5) is 4.39 Å². The maximum Gasteiger partial charge on any atom is 0.258 e. The van der Waals surface area contributed by atoms with Crippen molar-refractivity contribution in [3.05, 3.63) is 82.6 Å². The summed E-state index contributed by atoms with van der Waals surface area (Å²) in [6, 6.07) is 12.4. The van der Waals surface area contributed by atoms with Crippen LogP contribution in [0.2, 0.25) is 5.02 Å². The highest BCUT2D eigenvalue weighted by Crippen LogP contribution is 2.21. The van der Waals surface area contributed by atoms with E-state index in [0.717, 1.165) is 5.56 Å². The van der Waals surface area contributed by atoms with E-state index in [4.69, 9.17) is 11.6 Å². The molecule has 0 atom stereocenters. The molecule has 0 bridgehead atoms. The molecule has 0 saturated heterocycles. The highest BCUT2D eigenvalue weighted by molar-refractivity contribution is 6.31. The number of carbonyl (C=O) groups excluding carboxylic acids is 2. The third kappa shape index (κ3) is 6.19. The lowest BCUT2D eigenvalue weighted by atomic mass is 10.0. The standard InChI is InChI=1S/C22H21ClFNO2/c1-14(2)12-15(3)21(26)25-22(27)20(17-6-10-19(24)11-7-17)13-16-4-8-18(23)9-5-16/h4-11,13-14H,3,12H2,1-2H3,(H,25,26,27)/b20-13+. The van der Waals surface area contributed by atoms with E-state index in [1.165, 1.54) is 24.3 Å². The largest absolute Gasteiger partial charge is 0.288 e. The molecule has 5 heteroatoms. The van der Waals surface area contributed by atoms with Crippen LogP contribution >= 0.6 is 11.6 Å². The molecule has 0 unspecified atom stereocenters. The maximum atomic E-state index is 13.3. The van der Waals surface area contributed by atoms with Crippen LogP contribution < -0.4 is 5.32 Å². The Morgan fingerprint density at radius 2 is 1.67 bits per heavy atom. The van der Waals surface area contributed by atoms with Gasteiger partial charge in [-0.2, -0.15) is 0 Å². The number of rotatable bonds is 6. The van der Waals surface area contributed by atoms with E-state index in [-0.39, 0.29) is 11.5 Å². The summed E-state index contributed by atoms with van der Waals surface area (Å²) in [6.07, 6.45) is 2.11. The number of amides is 2. The molecule has 2 aromatic carbocycles. The minimum absolute atomic E-state index is 0.239. The highest BCUT2D eigenvalue weighted by Gasteiger charge is 2.17. The zero-order valence-corrected chi connectivity index (χ0v) is 16.0. The monoisotopic (exact) mass is 385 g/mol. The first-order valence-corrected chi connectivity index (χ1v) is 8.90. The third-order valence-corrected chi connectivity index (χ3v) is 4.04. The van der Waals surface area contributed by atoms with Crippen molar-refractivity contribution < 1.29 is 14.0 Å². The fourth-order valence-corrected chi connectivity index (χ4v) is 2.61. The summed E-state index contributed by atoms with van der Waals surface area (Å²) < 4.78 is 13.3. The Bertz CT molecular complexity index is 868. The minimum atomic E-state index is -0.577. The molecular weight excluding hydrogens is 365 g/mol. The summed E-state index contributed by atoms with van der Waals surface area (Å²) in [5.41, 5.74) is 1.79. The van der Waals surface area contributed by atoms with Crippen LogP contribution in [0.15, 0.2) is 60.7 Å². The van der Waals surface area contributed by atoms with E-state index in [0.29, 0.717) is 22.6 Å². The maximum absolute atomic E-state index is 13.3. The van der Waals surface area contributed by atoms with E-state index >= 15 is 0 Å². The first-order valence-electron chi connectivity index (χ1n) is 8.53. The van der Waals surface area contributed by atoms with Gasteiger partial charge in [-0.15, -0.1) is 0 Å². The lowest BCUT2D eigenvalue weighted by Crippen LogP contribution is -2.32. The normalized spacial score (nSPS) is 11.4. The van der Waals surface area contributed by atoms with Gasteiger partial charge in [0, 0.05) is 16.2 Å². The van der Waals surface area contributed by atoms with Crippen LogP contribution in [0.25, 0.3) is 11.6 Å². The molecule has 1 N–H and O–H groups in total. The predicted octanol–water partition coefficient (Wildman–Crippen LogP) is 5.26. The first-order chi connectivity index (χ1) is 12.8. The Labute approximate surface area is 163 Å². The van der Waals surface area contributed by atoms with Crippen molar-refractivity contribution in [3.8, 4) is 0 Å². The van der Waals surface area contributed by atoms with Crippen LogP contribution in [0.5, 0.6) is 0 Å². The molecule has 0 aromatic heterocycles. The number of hydrogen-bond acceptors (Lipinski definition) is 2. The molecule has 0 aliphatic heterocycles. The summed E-state index contributed by atoms with van der Waals surface area (Å²) in [5.74, 6) is -1.25. The van der Waals surface area contributed by atoms with Crippen molar-refractivity contribution in [2.45, 2.75) is 20.3 Å². The van der Waals surface area contributed by atoms with Gasteiger partial charge in [0.2, 0.25) is 0 Å². The molecule has 0 heterocycles. The third-order valence-electron chi connectivity index (χ3n) is 3.78. The van der Waals surface area contributed by atoms with Crippen LogP contribution in [0.1, 0.15) is 31.4 Å². The fourth-order valence-electron chi connectivity index (χ4n) is 2.48. The number of imide groups is 1. The molecule has 0 fully saturated rings. The minimum Gasteiger partial charge on any atom is -0.288 e. The van der Waals surface area contributed by atoms with Crippen LogP contribution in [-0.2, 0) is 9.59 Å². The Morgan fingerprint density at radius 3 is 2.22 bits per heavy atom. The molecule has 2 aromatic rings. The van der Waals surface area contributed by atoms with Crippen molar-refractivity contribution in [2.24, 2.45) is 5.92 Å². The van der Waals surface area contributed by atoms with Crippen LogP contribution in [-0.4, -0.2) is 11.8 Å². The van der Waals surface area contributed by atoms with Gasteiger partial charge >= 0.3 is 0 Å². The second-order valence-electron chi connectivity index (χ2n) is 6.60. The molecule has 0 aliphatic carbocycles. The SMILES string of the molecule is C=C(CC(C)C)C(=O)NC(=O)/C(=C/c1ccc(Cl)cc1)c1ccc(F)cc1. The van der Waals surface area contributed by atoms with Gasteiger partial charge in [-0.1, -0.05) is 56.3 Å². The second kappa shape index (κ2) is 9.28. The van der Waals surface area contributed by atoms with Gasteiger partial charge in [0.15, 0.2) is 0 Å². The van der Waals surface area contributed by atoms with Gasteiger partial charge in [0.25, 0.3) is 11.8 Å². The van der Waals surface area contributed by atoms with Gasteiger partial charge < -0.3 is 0 Å². The van der Waals surface area contributed by atoms with E-state index in [1.807, 2.05) is 13.8 Å². The molecule has 0 aliphatic rings. The topological polar surface area (TPSA) is 46.2 Å². The first kappa shape index (κ1) is 20.6. The van der Waals surface area contributed by atoms with E-state index in [9.17, 15) is 14.0 Å². The number of hydrogen-bond donors (Lipinski definition) is 1. The smallest absolute Gasteiger partial charge is 0.258 e. The zero-order valence-electron chi connectivity index (χ0n) is 15.3. The fraction of sp³-hybridized carbons (Fsp3) is 0.182. The molecule has 0 spiro atoms. The Morgan fingerprint density at radius 1 is 1.07 bits per heavy atom. The van der Waals surface area contributed by atoms with Gasteiger partial charge in [0.05, 0.1) is 0 Å². The quantitative estimate of drug-likeness (QED) is 0.544. The molecule has 3 nitrogen and oxygen atoms in total. The molecule has 140 valence electrons. The Hall–Kier alpha value is -2.72. The zero-order chi connectivity index (χ0) is 20.0. The number of carbonyl (C=O) groups is 2. The molecular formula is C22H21ClFNO2. The molecule has 2 rings (SSSR count). The summed E-state index contributed by atoms with van der Waals surface area (Å²) in [6.45, 7) is 7.66. The molecule has 27 heavy (non-hydrogen) atoms. The summed E-state index contributed by atoms with van der Waals surface area (Å²) in [4.78, 5) is 25.0. The van der Waals surface area contributed by atoms with Crippen molar-refractivity contribution in [2.75, 3.05) is 0 Å². The Balaban J connectivity index is 2.32. The Kier molecular flexibility index (Phi) is 7.08. The van der Waals surface area contributed by atoms with Crippen LogP contribution in [0, 0.1) is 11.7 Å². The average Bonchev–Trinajstić information content (AvgIpc) is 2.61. The number of nitrogens with one attached hydrogen (secondary N) is 1. The van der Waals surface area contributed by atoms with Crippen molar-refractivity contribution in [1.29, 1.82) is 0 Å². The van der Waals surface area contributed by atoms with Gasteiger partial charge in [0.1, 0.15) is 5.82 Å². The highest BCUT2D eigenvalue weighted by atomic mass is 35.5. The van der Waals surface area contributed by atoms with Gasteiger partial charge in [-0.25, -0.2) is 4.39 Å². The summed E-state index contributed by atoms with van der Waals surface area (Å²) in [5, 5.41) is 2.93. The van der Waals surface area contributed by atoms with E-state index < -0.39 is 17.6 Å².